The minimum absolute atomic E-state index is 0.0323. The van der Waals surface area contributed by atoms with Gasteiger partial charge in [0.25, 0.3) is 11.7 Å². The smallest absolute Gasteiger partial charge is 0.377 e. The van der Waals surface area contributed by atoms with E-state index in [0.29, 0.717) is 0 Å². The topological polar surface area (TPSA) is 111 Å². The van der Waals surface area contributed by atoms with Crippen LogP contribution in [0.4, 0.5) is 0 Å². The Morgan fingerprint density at radius 3 is 3.00 bits per heavy atom. The van der Waals surface area contributed by atoms with Crippen molar-refractivity contribution in [3.63, 3.8) is 0 Å². The van der Waals surface area contributed by atoms with Crippen LogP contribution in [0.2, 0.25) is 0 Å². The molecule has 0 fully saturated rings. The van der Waals surface area contributed by atoms with E-state index in [-0.39, 0.29) is 12.5 Å². The number of rotatable bonds is 3. The molecule has 1 heterocycles. The Balaban J connectivity index is 2.73. The van der Waals surface area contributed by atoms with Gasteiger partial charge in [-0.2, -0.15) is 4.98 Å². The molecule has 0 amide bonds. The van der Waals surface area contributed by atoms with Gasteiger partial charge in [-0.3, -0.25) is 4.84 Å². The van der Waals surface area contributed by atoms with Crippen LogP contribution in [-0.4, -0.2) is 21.2 Å². The summed E-state index contributed by atoms with van der Waals surface area (Å²) in [6, 6.07) is 0. The molecule has 0 aliphatic carbocycles. The average Bonchev–Trinajstić information content (AvgIpc) is 2.37. The maximum Gasteiger partial charge on any atom is 0.377 e. The van der Waals surface area contributed by atoms with E-state index in [4.69, 9.17) is 5.11 Å². The predicted octanol–water partition coefficient (Wildman–Crippen LogP) is -0.842. The lowest BCUT2D eigenvalue weighted by Gasteiger charge is -1.85. The summed E-state index contributed by atoms with van der Waals surface area (Å²) < 4.78 is 4.42. The highest BCUT2D eigenvalue weighted by molar-refractivity contribution is 5.82. The highest BCUT2D eigenvalue weighted by Gasteiger charge is 2.11. The van der Waals surface area contributed by atoms with E-state index in [0.717, 1.165) is 0 Å². The second-order valence-electron chi connectivity index (χ2n) is 1.63. The van der Waals surface area contributed by atoms with Gasteiger partial charge in [0.05, 0.1) is 0 Å². The molecule has 0 aliphatic heterocycles. The van der Waals surface area contributed by atoms with Crippen LogP contribution in [-0.2, 0) is 11.4 Å². The lowest BCUT2D eigenvalue weighted by molar-refractivity contribution is 0.0680. The molecule has 7 nitrogen and oxygen atoms in total. The van der Waals surface area contributed by atoms with Gasteiger partial charge in [0, 0.05) is 0 Å². The van der Waals surface area contributed by atoms with Gasteiger partial charge in [0.15, 0.2) is 0 Å². The monoisotopic (exact) mass is 159 g/mol. The molecule has 11 heavy (non-hydrogen) atoms. The first-order chi connectivity index (χ1) is 5.24. The van der Waals surface area contributed by atoms with Crippen LogP contribution in [0.5, 0.6) is 0 Å². The number of carboxylic acid groups (broad SMARTS) is 1. The van der Waals surface area contributed by atoms with Crippen molar-refractivity contribution < 1.29 is 19.3 Å². The quantitative estimate of drug-likeness (QED) is 0.553. The predicted molar refractivity (Wildman–Crippen MR) is 30.2 cm³/mol. The van der Waals surface area contributed by atoms with Crippen molar-refractivity contribution in [3.05, 3.63) is 11.7 Å². The van der Waals surface area contributed by atoms with Crippen molar-refractivity contribution >= 4 is 5.97 Å². The zero-order valence-corrected chi connectivity index (χ0v) is 5.35. The maximum absolute atomic E-state index is 10.2. The molecule has 0 atom stereocenters. The standard InChI is InChI=1S/C4H5N3O4/c5-10-1-2-6-3(4(8)9)7-11-2/h1,5H2,(H,8,9). The molecule has 0 spiro atoms. The third-order valence-electron chi connectivity index (χ3n) is 0.866. The molecular weight excluding hydrogens is 154 g/mol. The summed E-state index contributed by atoms with van der Waals surface area (Å²) in [6.45, 7) is -0.0969. The van der Waals surface area contributed by atoms with Crippen LogP contribution < -0.4 is 5.90 Å². The Morgan fingerprint density at radius 1 is 1.82 bits per heavy atom. The third kappa shape index (κ3) is 1.72. The molecule has 3 N–H and O–H groups in total. The Bertz CT molecular complexity index is 258. The van der Waals surface area contributed by atoms with Crippen molar-refractivity contribution in [1.82, 2.24) is 10.1 Å². The van der Waals surface area contributed by atoms with Crippen molar-refractivity contribution in [3.8, 4) is 0 Å². The van der Waals surface area contributed by atoms with Crippen LogP contribution in [0, 0.1) is 0 Å². The summed E-state index contributed by atoms with van der Waals surface area (Å²) in [5.74, 6) is 3.04. The average molecular weight is 159 g/mol. The largest absolute Gasteiger partial charge is 0.475 e. The molecule has 0 radical (unpaired) electrons. The van der Waals surface area contributed by atoms with Gasteiger partial charge in [-0.05, 0) is 5.16 Å². The number of carboxylic acids is 1. The Hall–Kier alpha value is -1.47. The number of carbonyl (C=O) groups is 1. The Labute approximate surface area is 60.7 Å². The SMILES string of the molecule is NOCc1nc(C(=O)O)no1. The first kappa shape index (κ1) is 7.63. The van der Waals surface area contributed by atoms with Gasteiger partial charge in [0.2, 0.25) is 0 Å². The normalized spacial score (nSPS) is 9.91. The lowest BCUT2D eigenvalue weighted by atomic mass is 10.6. The third-order valence-corrected chi connectivity index (χ3v) is 0.866. The van der Waals surface area contributed by atoms with Gasteiger partial charge in [-0.1, -0.05) is 0 Å². The van der Waals surface area contributed by atoms with Gasteiger partial charge >= 0.3 is 5.97 Å². The zero-order chi connectivity index (χ0) is 8.27. The van der Waals surface area contributed by atoms with Crippen molar-refractivity contribution in [2.75, 3.05) is 0 Å². The van der Waals surface area contributed by atoms with E-state index in [9.17, 15) is 4.79 Å². The van der Waals surface area contributed by atoms with E-state index in [1.807, 2.05) is 0 Å². The highest BCUT2D eigenvalue weighted by Crippen LogP contribution is 1.96. The summed E-state index contributed by atoms with van der Waals surface area (Å²) in [4.78, 5) is 17.7. The first-order valence-electron chi connectivity index (χ1n) is 2.61. The molecule has 0 aliphatic rings. The van der Waals surface area contributed by atoms with Gasteiger partial charge in [0.1, 0.15) is 6.61 Å². The molecule has 1 rings (SSSR count). The number of nitrogens with two attached hydrogens (primary N) is 1. The first-order valence-corrected chi connectivity index (χ1v) is 2.61. The molecule has 0 saturated heterocycles. The number of aromatic nitrogens is 2. The highest BCUT2D eigenvalue weighted by atomic mass is 16.6. The van der Waals surface area contributed by atoms with Gasteiger partial charge in [-0.25, -0.2) is 10.7 Å². The molecule has 0 bridgehead atoms. The number of nitrogens with zero attached hydrogens (tertiary/aromatic N) is 2. The van der Waals surface area contributed by atoms with Crippen molar-refractivity contribution in [1.29, 1.82) is 0 Å². The molecule has 0 aromatic carbocycles. The fourth-order valence-electron chi connectivity index (χ4n) is 0.472. The molecule has 1 aromatic rings. The van der Waals surface area contributed by atoms with Crippen LogP contribution in [0.3, 0.4) is 0 Å². The van der Waals surface area contributed by atoms with Crippen molar-refractivity contribution in [2.45, 2.75) is 6.61 Å². The molecule has 0 saturated carbocycles. The fourth-order valence-corrected chi connectivity index (χ4v) is 0.472. The number of hydrogen-bond acceptors (Lipinski definition) is 6. The number of hydrogen-bond donors (Lipinski definition) is 2. The molecule has 1 aromatic heterocycles. The molecular formula is C4H5N3O4. The van der Waals surface area contributed by atoms with E-state index in [1.165, 1.54) is 0 Å². The van der Waals surface area contributed by atoms with Crippen LogP contribution in [0.15, 0.2) is 4.52 Å². The Kier molecular flexibility index (Phi) is 2.14. The summed E-state index contributed by atoms with van der Waals surface area (Å²) in [7, 11) is 0. The van der Waals surface area contributed by atoms with Gasteiger partial charge in [-0.15, -0.1) is 0 Å². The van der Waals surface area contributed by atoms with Gasteiger partial charge < -0.3 is 9.63 Å². The minimum atomic E-state index is -1.25. The second kappa shape index (κ2) is 3.08. The summed E-state index contributed by atoms with van der Waals surface area (Å²) in [5, 5.41) is 11.4. The second-order valence-corrected chi connectivity index (χ2v) is 1.63. The lowest BCUT2D eigenvalue weighted by Crippen LogP contribution is -2.01. The number of aromatic carboxylic acids is 1. The van der Waals surface area contributed by atoms with Crippen LogP contribution in [0.1, 0.15) is 16.5 Å². The molecule has 60 valence electrons. The summed E-state index contributed by atoms with van der Waals surface area (Å²) >= 11 is 0. The maximum atomic E-state index is 10.2. The van der Waals surface area contributed by atoms with E-state index in [1.54, 1.807) is 0 Å². The van der Waals surface area contributed by atoms with E-state index in [2.05, 4.69) is 25.4 Å². The van der Waals surface area contributed by atoms with E-state index >= 15 is 0 Å². The molecule has 0 unspecified atom stereocenters. The Morgan fingerprint density at radius 2 is 2.55 bits per heavy atom. The summed E-state index contributed by atoms with van der Waals surface area (Å²) in [5.41, 5.74) is 0. The van der Waals surface area contributed by atoms with Crippen LogP contribution >= 0.6 is 0 Å². The summed E-state index contributed by atoms with van der Waals surface area (Å²) in [6.07, 6.45) is 0. The zero-order valence-electron chi connectivity index (χ0n) is 5.35. The minimum Gasteiger partial charge on any atom is -0.475 e. The van der Waals surface area contributed by atoms with E-state index < -0.39 is 11.8 Å². The molecule has 7 heteroatoms. The van der Waals surface area contributed by atoms with Crippen molar-refractivity contribution in [2.24, 2.45) is 5.90 Å². The fraction of sp³-hybridized carbons (Fsp3) is 0.250. The van der Waals surface area contributed by atoms with Crippen LogP contribution in [0.25, 0.3) is 0 Å².